The first-order chi connectivity index (χ1) is 4.54. The van der Waals surface area contributed by atoms with Crippen LogP contribution in [-0.2, 0) is 0 Å². The molecule has 0 radical (unpaired) electrons. The van der Waals surface area contributed by atoms with Crippen LogP contribution in [0.15, 0.2) is 0 Å². The monoisotopic (exact) mass is 149 g/mol. The lowest BCUT2D eigenvalue weighted by Crippen LogP contribution is -2.44. The second-order valence-corrected chi connectivity index (χ2v) is 3.11. The fourth-order valence-electron chi connectivity index (χ4n) is 1.36. The van der Waals surface area contributed by atoms with E-state index in [1.54, 1.807) is 0 Å². The van der Waals surface area contributed by atoms with E-state index in [1.165, 1.54) is 6.92 Å². The molecule has 1 aliphatic carbocycles. The topological polar surface area (TPSA) is 26.0 Å². The van der Waals surface area contributed by atoms with E-state index in [1.807, 2.05) is 0 Å². The Kier molecular flexibility index (Phi) is 1.95. The molecule has 0 bridgehead atoms. The summed E-state index contributed by atoms with van der Waals surface area (Å²) in [5.74, 6) is -3.15. The Hall–Kier alpha value is -0.180. The Balaban J connectivity index is 2.60. The molecule has 0 aliphatic heterocycles. The van der Waals surface area contributed by atoms with Crippen LogP contribution in [0.4, 0.5) is 8.78 Å². The highest BCUT2D eigenvalue weighted by atomic mass is 19.3. The predicted octanol–water partition coefficient (Wildman–Crippen LogP) is 1.77. The molecule has 1 fully saturated rings. The lowest BCUT2D eigenvalue weighted by molar-refractivity contribution is -0.0856. The molecule has 0 spiro atoms. The minimum Gasteiger partial charge on any atom is -0.327 e. The van der Waals surface area contributed by atoms with Crippen LogP contribution in [0.3, 0.4) is 0 Å². The summed E-state index contributed by atoms with van der Waals surface area (Å²) in [5, 5.41) is 0. The number of alkyl halides is 2. The van der Waals surface area contributed by atoms with E-state index >= 15 is 0 Å². The molecule has 3 heteroatoms. The molecule has 0 unspecified atom stereocenters. The molecular weight excluding hydrogens is 136 g/mol. The average molecular weight is 149 g/mol. The van der Waals surface area contributed by atoms with Crippen molar-refractivity contribution in [3.05, 3.63) is 0 Å². The summed E-state index contributed by atoms with van der Waals surface area (Å²) >= 11 is 0. The second kappa shape index (κ2) is 2.46. The zero-order valence-electron chi connectivity index (χ0n) is 6.11. The number of nitrogens with two attached hydrogens (primary N) is 1. The molecular formula is C7H13F2N. The first-order valence-corrected chi connectivity index (χ1v) is 3.67. The summed E-state index contributed by atoms with van der Waals surface area (Å²) in [4.78, 5) is 0. The van der Waals surface area contributed by atoms with Crippen molar-refractivity contribution in [2.75, 3.05) is 0 Å². The van der Waals surface area contributed by atoms with E-state index < -0.39 is 11.8 Å². The highest BCUT2D eigenvalue weighted by molar-refractivity contribution is 4.86. The molecule has 0 aromatic heterocycles. The molecule has 0 saturated heterocycles. The Labute approximate surface area is 59.6 Å². The Morgan fingerprint density at radius 2 is 2.10 bits per heavy atom. The van der Waals surface area contributed by atoms with Crippen LogP contribution < -0.4 is 5.73 Å². The highest BCUT2D eigenvalue weighted by Crippen LogP contribution is 2.37. The first kappa shape index (κ1) is 7.92. The summed E-state index contributed by atoms with van der Waals surface area (Å²) in [7, 11) is 0. The fourth-order valence-corrected chi connectivity index (χ4v) is 1.36. The molecule has 0 aromatic rings. The molecule has 2 N–H and O–H groups in total. The van der Waals surface area contributed by atoms with Crippen molar-refractivity contribution in [2.24, 2.45) is 11.7 Å². The molecule has 1 nitrogen and oxygen atoms in total. The van der Waals surface area contributed by atoms with Crippen molar-refractivity contribution in [3.63, 3.8) is 0 Å². The van der Waals surface area contributed by atoms with Crippen molar-refractivity contribution in [2.45, 2.75) is 38.2 Å². The summed E-state index contributed by atoms with van der Waals surface area (Å²) < 4.78 is 25.5. The van der Waals surface area contributed by atoms with Gasteiger partial charge in [0.2, 0.25) is 0 Å². The molecule has 0 heterocycles. The minimum absolute atomic E-state index is 0.0157. The third kappa shape index (κ3) is 1.29. The van der Waals surface area contributed by atoms with E-state index in [4.69, 9.17) is 5.73 Å². The van der Waals surface area contributed by atoms with Gasteiger partial charge < -0.3 is 5.73 Å². The zero-order chi connectivity index (χ0) is 7.78. The third-order valence-corrected chi connectivity index (χ3v) is 2.36. The lowest BCUT2D eigenvalue weighted by Gasteiger charge is -2.33. The van der Waals surface area contributed by atoms with Gasteiger partial charge in [-0.1, -0.05) is 6.92 Å². The normalized spacial score (nSPS) is 39.6. The van der Waals surface area contributed by atoms with E-state index in [9.17, 15) is 8.78 Å². The highest BCUT2D eigenvalue weighted by Gasteiger charge is 2.42. The van der Waals surface area contributed by atoms with E-state index in [0.29, 0.717) is 6.42 Å². The van der Waals surface area contributed by atoms with Crippen LogP contribution in [0.1, 0.15) is 26.2 Å². The van der Waals surface area contributed by atoms with Crippen LogP contribution in [0.2, 0.25) is 0 Å². The van der Waals surface area contributed by atoms with Crippen LogP contribution in [0, 0.1) is 5.92 Å². The average Bonchev–Trinajstić information content (AvgIpc) is 1.83. The maximum absolute atomic E-state index is 12.8. The van der Waals surface area contributed by atoms with Crippen LogP contribution >= 0.6 is 0 Å². The minimum atomic E-state index is -2.52. The summed E-state index contributed by atoms with van der Waals surface area (Å²) in [6.45, 7) is 1.53. The van der Waals surface area contributed by atoms with Crippen molar-refractivity contribution in [1.29, 1.82) is 0 Å². The van der Waals surface area contributed by atoms with Crippen molar-refractivity contribution in [3.8, 4) is 0 Å². The van der Waals surface area contributed by atoms with E-state index in [0.717, 1.165) is 6.42 Å². The molecule has 1 aliphatic rings. The first-order valence-electron chi connectivity index (χ1n) is 3.67. The molecule has 1 rings (SSSR count). The van der Waals surface area contributed by atoms with E-state index in [2.05, 4.69) is 0 Å². The van der Waals surface area contributed by atoms with Gasteiger partial charge in [0, 0.05) is 18.4 Å². The van der Waals surface area contributed by atoms with Gasteiger partial charge in [-0.15, -0.1) is 0 Å². The summed E-state index contributed by atoms with van der Waals surface area (Å²) in [5.41, 5.74) is 5.47. The number of hydrogen-bond donors (Lipinski definition) is 1. The van der Waals surface area contributed by atoms with Gasteiger partial charge in [-0.2, -0.15) is 0 Å². The van der Waals surface area contributed by atoms with Crippen LogP contribution in [0.25, 0.3) is 0 Å². The van der Waals surface area contributed by atoms with Gasteiger partial charge in [-0.25, -0.2) is 8.78 Å². The predicted molar refractivity (Wildman–Crippen MR) is 35.9 cm³/mol. The van der Waals surface area contributed by atoms with Gasteiger partial charge in [0.1, 0.15) is 0 Å². The smallest absolute Gasteiger partial charge is 0.252 e. The van der Waals surface area contributed by atoms with Gasteiger partial charge in [0.25, 0.3) is 5.92 Å². The van der Waals surface area contributed by atoms with Gasteiger partial charge >= 0.3 is 0 Å². The van der Waals surface area contributed by atoms with Crippen molar-refractivity contribution in [1.82, 2.24) is 0 Å². The summed E-state index contributed by atoms with van der Waals surface area (Å²) in [6.07, 6.45) is 1.33. The second-order valence-electron chi connectivity index (χ2n) is 3.11. The number of hydrogen-bond acceptors (Lipinski definition) is 1. The standard InChI is InChI=1S/C7H13F2N/c1-5-6(10)3-2-4-7(5,8)9/h5-6H,2-4,10H2,1H3/t5-,6+/m0/s1. The maximum Gasteiger partial charge on any atom is 0.252 e. The summed E-state index contributed by atoms with van der Waals surface area (Å²) in [6, 6.07) is -0.302. The molecule has 1 saturated carbocycles. The van der Waals surface area contributed by atoms with Crippen molar-refractivity contribution < 1.29 is 8.78 Å². The Morgan fingerprint density at radius 1 is 1.50 bits per heavy atom. The van der Waals surface area contributed by atoms with Gasteiger partial charge in [0.05, 0.1) is 0 Å². The van der Waals surface area contributed by atoms with Crippen molar-refractivity contribution >= 4 is 0 Å². The molecule has 10 heavy (non-hydrogen) atoms. The van der Waals surface area contributed by atoms with E-state index in [-0.39, 0.29) is 12.5 Å². The number of halogens is 2. The molecule has 0 amide bonds. The molecule has 2 atom stereocenters. The lowest BCUT2D eigenvalue weighted by atomic mass is 9.83. The quantitative estimate of drug-likeness (QED) is 0.558. The Bertz CT molecular complexity index is 125. The fraction of sp³-hybridized carbons (Fsp3) is 1.00. The SMILES string of the molecule is C[C@H]1[C@H](N)CCCC1(F)F. The van der Waals surface area contributed by atoms with Crippen LogP contribution in [-0.4, -0.2) is 12.0 Å². The maximum atomic E-state index is 12.8. The Morgan fingerprint density at radius 3 is 2.50 bits per heavy atom. The van der Waals surface area contributed by atoms with Gasteiger partial charge in [0.15, 0.2) is 0 Å². The zero-order valence-corrected chi connectivity index (χ0v) is 6.11. The molecule has 60 valence electrons. The van der Waals surface area contributed by atoms with Gasteiger partial charge in [-0.05, 0) is 12.8 Å². The third-order valence-electron chi connectivity index (χ3n) is 2.36. The molecule has 0 aromatic carbocycles. The number of rotatable bonds is 0. The van der Waals surface area contributed by atoms with Gasteiger partial charge in [-0.3, -0.25) is 0 Å². The van der Waals surface area contributed by atoms with Crippen LogP contribution in [0.5, 0.6) is 0 Å². The largest absolute Gasteiger partial charge is 0.327 e.